The zero-order valence-corrected chi connectivity index (χ0v) is 15.9. The summed E-state index contributed by atoms with van der Waals surface area (Å²) in [5.74, 6) is -0.162. The zero-order valence-electron chi connectivity index (χ0n) is 15.1. The molecule has 4 rings (SSSR count). The van der Waals surface area contributed by atoms with Gasteiger partial charge >= 0.3 is 6.55 Å². The third-order valence-electron chi connectivity index (χ3n) is 4.32. The number of rotatable bonds is 4. The Hall–Kier alpha value is -3.13. The van der Waals surface area contributed by atoms with E-state index in [1.54, 1.807) is 43.3 Å². The molecule has 0 spiro atoms. The van der Waals surface area contributed by atoms with E-state index in [9.17, 15) is 13.6 Å². The Balaban J connectivity index is 1.70. The minimum absolute atomic E-state index is 0.141. The van der Waals surface area contributed by atoms with E-state index < -0.39 is 6.55 Å². The Kier molecular flexibility index (Phi) is 4.64. The average Bonchev–Trinajstić information content (AvgIpc) is 3.22. The van der Waals surface area contributed by atoms with Crippen LogP contribution in [0.15, 0.2) is 48.5 Å². The number of hydrogen-bond donors (Lipinski definition) is 1. The van der Waals surface area contributed by atoms with Crippen molar-refractivity contribution in [2.45, 2.75) is 20.4 Å². The van der Waals surface area contributed by atoms with Crippen LogP contribution in [-0.2, 0) is 0 Å². The predicted octanol–water partition coefficient (Wildman–Crippen LogP) is 5.42. The largest absolute Gasteiger partial charge is 0.320 e. The normalized spacial score (nSPS) is 11.3. The van der Waals surface area contributed by atoms with Crippen LogP contribution < -0.4 is 5.32 Å². The van der Waals surface area contributed by atoms with Crippen LogP contribution in [0.3, 0.4) is 0 Å². The van der Waals surface area contributed by atoms with E-state index in [1.807, 2.05) is 19.1 Å². The summed E-state index contributed by atoms with van der Waals surface area (Å²) in [6.45, 7) is 0.907. The molecule has 2 aromatic carbocycles. The topological polar surface area (TPSA) is 59.8 Å². The van der Waals surface area contributed by atoms with Crippen molar-refractivity contribution in [3.63, 3.8) is 0 Å². The Bertz CT molecular complexity index is 1160. The van der Waals surface area contributed by atoms with Gasteiger partial charge in [-0.3, -0.25) is 14.7 Å². The van der Waals surface area contributed by atoms with Crippen LogP contribution in [0.1, 0.15) is 28.2 Å². The number of aryl methyl sites for hydroxylation is 2. The molecule has 0 radical (unpaired) electrons. The Morgan fingerprint density at radius 3 is 2.50 bits per heavy atom. The van der Waals surface area contributed by atoms with Gasteiger partial charge in [-0.05, 0) is 38.1 Å². The van der Waals surface area contributed by atoms with Crippen LogP contribution in [0.2, 0.25) is 0 Å². The number of nitrogens with one attached hydrogen (secondary N) is 1. The summed E-state index contributed by atoms with van der Waals surface area (Å²) in [5.41, 5.74) is 2.91. The molecule has 0 bridgehead atoms. The second kappa shape index (κ2) is 7.12. The fraction of sp³-hybridized carbons (Fsp3) is 0.150. The highest BCUT2D eigenvalue weighted by Gasteiger charge is 2.23. The number of nitrogens with zero attached hydrogens (tertiary/aromatic N) is 3. The maximum atomic E-state index is 13.7. The lowest BCUT2D eigenvalue weighted by Gasteiger charge is -2.06. The first-order chi connectivity index (χ1) is 13.4. The van der Waals surface area contributed by atoms with Gasteiger partial charge in [0.2, 0.25) is 0 Å². The number of halogens is 2. The maximum Gasteiger partial charge on any atom is 0.320 e. The Morgan fingerprint density at radius 1 is 1.07 bits per heavy atom. The molecule has 2 aromatic heterocycles. The first kappa shape index (κ1) is 18.2. The molecule has 8 heteroatoms. The number of amides is 1. The van der Waals surface area contributed by atoms with E-state index in [-0.39, 0.29) is 11.7 Å². The number of aromatic nitrogens is 3. The quantitative estimate of drug-likeness (QED) is 0.499. The molecule has 2 heterocycles. The van der Waals surface area contributed by atoms with Gasteiger partial charge in [0.25, 0.3) is 5.91 Å². The lowest BCUT2D eigenvalue weighted by atomic mass is 10.1. The van der Waals surface area contributed by atoms with Crippen molar-refractivity contribution in [3.05, 3.63) is 65.4 Å². The van der Waals surface area contributed by atoms with Gasteiger partial charge in [0.15, 0.2) is 11.0 Å². The molecule has 142 valence electrons. The summed E-state index contributed by atoms with van der Waals surface area (Å²) in [6.07, 6.45) is 0. The van der Waals surface area contributed by atoms with Gasteiger partial charge < -0.3 is 0 Å². The summed E-state index contributed by atoms with van der Waals surface area (Å²) >= 11 is 1.13. The van der Waals surface area contributed by atoms with E-state index in [4.69, 9.17) is 0 Å². The SMILES string of the molecule is Cc1ccc(C(=O)Nc2nc(C)c(-c3nc4ccccc4n3C(F)F)s2)cc1. The molecule has 0 atom stereocenters. The van der Waals surface area contributed by atoms with Crippen molar-refractivity contribution in [3.8, 4) is 10.7 Å². The smallest absolute Gasteiger partial charge is 0.298 e. The molecular formula is C20H16F2N4OS. The summed E-state index contributed by atoms with van der Waals surface area (Å²) < 4.78 is 28.3. The monoisotopic (exact) mass is 398 g/mol. The molecule has 0 unspecified atom stereocenters. The molecule has 28 heavy (non-hydrogen) atoms. The van der Waals surface area contributed by atoms with Gasteiger partial charge in [0.1, 0.15) is 0 Å². The second-order valence-corrected chi connectivity index (χ2v) is 7.32. The van der Waals surface area contributed by atoms with Gasteiger partial charge in [-0.1, -0.05) is 41.2 Å². The second-order valence-electron chi connectivity index (χ2n) is 6.33. The summed E-state index contributed by atoms with van der Waals surface area (Å²) in [4.78, 5) is 21.6. The third-order valence-corrected chi connectivity index (χ3v) is 5.39. The number of para-hydroxylation sites is 2. The molecule has 0 aliphatic carbocycles. The summed E-state index contributed by atoms with van der Waals surface area (Å²) in [7, 11) is 0. The van der Waals surface area contributed by atoms with Gasteiger partial charge in [0.05, 0.1) is 21.6 Å². The summed E-state index contributed by atoms with van der Waals surface area (Å²) in [5, 5.41) is 3.07. The molecule has 0 aliphatic heterocycles. The fourth-order valence-corrected chi connectivity index (χ4v) is 3.88. The number of carbonyl (C=O) groups is 1. The first-order valence-corrected chi connectivity index (χ1v) is 9.36. The number of imidazole rings is 1. The number of hydrogen-bond acceptors (Lipinski definition) is 4. The summed E-state index contributed by atoms with van der Waals surface area (Å²) in [6, 6.07) is 13.9. The van der Waals surface area contributed by atoms with Crippen LogP contribution in [0.25, 0.3) is 21.7 Å². The molecule has 4 aromatic rings. The van der Waals surface area contributed by atoms with Gasteiger partial charge in [-0.25, -0.2) is 9.97 Å². The lowest BCUT2D eigenvalue weighted by Crippen LogP contribution is -2.11. The fourth-order valence-electron chi connectivity index (χ4n) is 2.93. The molecule has 0 fully saturated rings. The molecule has 0 saturated heterocycles. The Morgan fingerprint density at radius 2 is 1.79 bits per heavy atom. The number of carbonyl (C=O) groups excluding carboxylic acids is 1. The van der Waals surface area contributed by atoms with E-state index in [0.29, 0.717) is 32.3 Å². The van der Waals surface area contributed by atoms with Crippen molar-refractivity contribution in [2.24, 2.45) is 0 Å². The highest BCUT2D eigenvalue weighted by molar-refractivity contribution is 7.19. The molecule has 1 N–H and O–H groups in total. The zero-order chi connectivity index (χ0) is 19.8. The average molecular weight is 398 g/mol. The first-order valence-electron chi connectivity index (χ1n) is 8.55. The van der Waals surface area contributed by atoms with Crippen molar-refractivity contribution in [2.75, 3.05) is 5.32 Å². The van der Waals surface area contributed by atoms with Gasteiger partial charge in [-0.2, -0.15) is 8.78 Å². The number of alkyl halides is 2. The molecular weight excluding hydrogens is 382 g/mol. The van der Waals surface area contributed by atoms with Crippen LogP contribution in [0.5, 0.6) is 0 Å². The van der Waals surface area contributed by atoms with E-state index in [2.05, 4.69) is 15.3 Å². The lowest BCUT2D eigenvalue weighted by molar-refractivity contribution is 0.0764. The predicted molar refractivity (Wildman–Crippen MR) is 106 cm³/mol. The molecule has 0 aliphatic rings. The number of benzene rings is 2. The van der Waals surface area contributed by atoms with Crippen LogP contribution in [-0.4, -0.2) is 20.4 Å². The maximum absolute atomic E-state index is 13.7. The standard InChI is InChI=1S/C20H16F2N4OS/c1-11-7-9-13(10-8-11)18(27)25-20-23-12(2)16(28-20)17-24-14-5-3-4-6-15(14)26(17)19(21)22/h3-10,19H,1-2H3,(H,23,25,27). The number of fused-ring (bicyclic) bond motifs is 1. The van der Waals surface area contributed by atoms with E-state index in [0.717, 1.165) is 21.5 Å². The third kappa shape index (κ3) is 3.27. The minimum atomic E-state index is -2.74. The van der Waals surface area contributed by atoms with Gasteiger partial charge in [0, 0.05) is 5.56 Å². The molecule has 1 amide bonds. The van der Waals surface area contributed by atoms with E-state index >= 15 is 0 Å². The van der Waals surface area contributed by atoms with Crippen LogP contribution in [0.4, 0.5) is 13.9 Å². The Labute approximate surface area is 163 Å². The van der Waals surface area contributed by atoms with Crippen molar-refractivity contribution >= 4 is 33.4 Å². The minimum Gasteiger partial charge on any atom is -0.298 e. The number of thiazole rings is 1. The van der Waals surface area contributed by atoms with Crippen LogP contribution >= 0.6 is 11.3 Å². The number of anilines is 1. The highest BCUT2D eigenvalue weighted by Crippen LogP contribution is 2.36. The van der Waals surface area contributed by atoms with Crippen molar-refractivity contribution < 1.29 is 13.6 Å². The molecule has 5 nitrogen and oxygen atoms in total. The van der Waals surface area contributed by atoms with E-state index in [1.165, 1.54) is 0 Å². The van der Waals surface area contributed by atoms with Crippen LogP contribution in [0, 0.1) is 13.8 Å². The molecule has 0 saturated carbocycles. The van der Waals surface area contributed by atoms with Gasteiger partial charge in [-0.15, -0.1) is 0 Å². The van der Waals surface area contributed by atoms with Crippen molar-refractivity contribution in [1.29, 1.82) is 0 Å². The van der Waals surface area contributed by atoms with Crippen molar-refractivity contribution in [1.82, 2.24) is 14.5 Å². The highest BCUT2D eigenvalue weighted by atomic mass is 32.1.